The number of nitrogens with one attached hydrogen (secondary N) is 9. The number of rotatable bonds is 20. The summed E-state index contributed by atoms with van der Waals surface area (Å²) < 4.78 is 74.9. The molecule has 0 spiro atoms. The van der Waals surface area contributed by atoms with Crippen LogP contribution in [0.3, 0.4) is 0 Å². The SMILES string of the molecule is C[C@H](Nc1nc(Cl)nc2nc[nH]c12)c1cc2cccc(Cl)c2c(=O)n1C1CC1.C[C@H](Nc1nc(F)nc2nc[nH]c12)c1cc2cccc(Cl)c2c(=O)n1C1CC1.C[C@H](Nc1nc(N)nc2nc[nH]c12)c1cc2cccc(Cl)c2c(=O)n1C1CC1.C[C@H](Nc1ncc(C(F)(F)F)c(N)n1)c1cc2cccc(Cl)c2c(=O)n1-c1ccccc1.C[C@H](Nc1ncnc2nc(F)[nH]c12)c1cc2cccc(Cl)c2c(=O)n1C1CC1. The minimum absolute atomic E-state index is 0.0526. The monoisotopic (exact) mass is 2060 g/mol. The van der Waals surface area contributed by atoms with Crippen molar-refractivity contribution >= 4 is 209 Å². The maximum absolute atomic E-state index is 13.8. The zero-order valence-electron chi connectivity index (χ0n) is 76.5. The average molecular weight is 2070 g/mol. The number of halogens is 11. The van der Waals surface area contributed by atoms with E-state index in [1.54, 1.807) is 96.9 Å². The van der Waals surface area contributed by atoms with Gasteiger partial charge in [-0.3, -0.25) is 28.5 Å². The lowest BCUT2D eigenvalue weighted by molar-refractivity contribution is -0.137. The first kappa shape index (κ1) is 96.1. The average Bonchev–Trinajstić information content (AvgIpc) is 1.73. The minimum Gasteiger partial charge on any atom is -0.383 e. The standard InChI is InChI=1S/C22H17ClF3N5O.C19H16Cl2N6O.2C19H16ClFN6O.C19H18ClN7O/c1-12(29-21-28-11-15(19(27)30-21)22(24,25)26)17-10-13-6-5-9-16(23)18(13)20(32)31(17)14-7-3-2-4-8-14;1-9(24-17-15-16(23-8-22-15)25-19(21)26-17)13-7-10-3-2-4-12(20)14(10)18(28)27(13)11-5-6-11;1-9(24-16-15-17(23-8-22-16)26-19(21)25-15)13-7-10-3-2-4-12(20)14(10)18(28)27(13)11-5-6-11;2*1-9(24-17-15-16(23-8-22-15)25-19(21)26-17)13-7-10-3-2-4-12(20)14(10)18(28)27(13)11-5-6-11/h2-12H,1H3,(H3,27,28,29,30);3*2-4,7-9,11H,5-6H2,1H3,(H2,22,23,24,25,26);2-4,7-9,11H,5-6H2,1H3,(H4,21,22,23,24,25,26)/t12-;4*9-/m00000/s1. The van der Waals surface area contributed by atoms with E-state index in [1.807, 2.05) is 120 Å². The number of anilines is 7. The van der Waals surface area contributed by atoms with Gasteiger partial charge in [-0.2, -0.15) is 61.8 Å². The smallest absolute Gasteiger partial charge is 0.383 e. The van der Waals surface area contributed by atoms with E-state index in [4.69, 9.17) is 81.1 Å². The fraction of sp³-hybridized carbons (Fsp3) is 0.235. The minimum atomic E-state index is -4.65. The molecule has 5 atom stereocenters. The number of benzene rings is 6. The Labute approximate surface area is 839 Å². The van der Waals surface area contributed by atoms with Gasteiger partial charge >= 0.3 is 12.3 Å². The van der Waals surface area contributed by atoms with Crippen LogP contribution in [0.15, 0.2) is 207 Å². The highest BCUT2D eigenvalue weighted by Gasteiger charge is 2.38. The van der Waals surface area contributed by atoms with Gasteiger partial charge < -0.3 is 76.3 Å². The molecule has 4 aliphatic carbocycles. The van der Waals surface area contributed by atoms with E-state index in [0.717, 1.165) is 95.7 Å². The molecular weight excluding hydrogens is 1980 g/mol. The quantitative estimate of drug-likeness (QED) is 0.0192. The number of nitrogens with zero attached hydrogens (tertiary/aromatic N) is 19. The predicted molar refractivity (Wildman–Crippen MR) is 548 cm³/mol. The summed E-state index contributed by atoms with van der Waals surface area (Å²) >= 11 is 37.6. The number of fused-ring (bicyclic) bond motifs is 9. The van der Waals surface area contributed by atoms with Crippen LogP contribution < -0.4 is 65.8 Å². The molecule has 6 aromatic carbocycles. The second kappa shape index (κ2) is 39.2. The van der Waals surface area contributed by atoms with E-state index in [2.05, 4.69) is 116 Å². The third-order valence-electron chi connectivity index (χ3n) is 25.1. The summed E-state index contributed by atoms with van der Waals surface area (Å²) in [6, 6.07) is 44.9. The van der Waals surface area contributed by atoms with Crippen molar-refractivity contribution in [2.45, 2.75) is 147 Å². The van der Waals surface area contributed by atoms with Crippen LogP contribution in [0.25, 0.3) is 104 Å². The molecular formula is C98H83Cl6F5N30O5. The van der Waals surface area contributed by atoms with Gasteiger partial charge in [0.2, 0.25) is 17.2 Å². The van der Waals surface area contributed by atoms with Gasteiger partial charge in [-0.25, -0.2) is 29.9 Å². The van der Waals surface area contributed by atoms with E-state index < -0.39 is 35.8 Å². The van der Waals surface area contributed by atoms with E-state index in [1.165, 1.54) is 17.2 Å². The lowest BCUT2D eigenvalue weighted by atomic mass is 10.1. The number of nitrogen functional groups attached to an aromatic ring is 2. The number of aromatic nitrogens is 23. The number of nitrogens with two attached hydrogens (primary N) is 2. The van der Waals surface area contributed by atoms with Crippen LogP contribution in [0, 0.1) is 12.2 Å². The molecule has 4 fully saturated rings. The number of H-pyrrole nitrogens is 4. The molecule has 144 heavy (non-hydrogen) atoms. The molecule has 0 amide bonds. The Kier molecular flexibility index (Phi) is 26.1. The highest BCUT2D eigenvalue weighted by Crippen LogP contribution is 2.44. The lowest BCUT2D eigenvalue weighted by Crippen LogP contribution is -2.26. The van der Waals surface area contributed by atoms with Gasteiger partial charge in [0.05, 0.1) is 101 Å². The van der Waals surface area contributed by atoms with E-state index in [0.29, 0.717) is 132 Å². The summed E-state index contributed by atoms with van der Waals surface area (Å²) in [7, 11) is 0. The van der Waals surface area contributed by atoms with Crippen molar-refractivity contribution < 1.29 is 22.0 Å². The van der Waals surface area contributed by atoms with Gasteiger partial charge in [0.1, 0.15) is 39.8 Å². The van der Waals surface area contributed by atoms with Crippen LogP contribution in [0.5, 0.6) is 0 Å². The normalized spacial score (nSPS) is 14.7. The third-order valence-corrected chi connectivity index (χ3v) is 26.9. The second-order valence-corrected chi connectivity index (χ2v) is 37.5. The number of alkyl halides is 3. The van der Waals surface area contributed by atoms with Crippen molar-refractivity contribution in [3.63, 3.8) is 0 Å². The van der Waals surface area contributed by atoms with Crippen LogP contribution in [0.4, 0.5) is 62.9 Å². The predicted octanol–water partition coefficient (Wildman–Crippen LogP) is 21.0. The molecule has 46 heteroatoms. The largest absolute Gasteiger partial charge is 0.421 e. The van der Waals surface area contributed by atoms with Crippen molar-refractivity contribution in [3.8, 4) is 5.69 Å². The van der Waals surface area contributed by atoms with Gasteiger partial charge in [0, 0.05) is 64.5 Å². The molecule has 35 nitrogen and oxygen atoms in total. The third kappa shape index (κ3) is 19.3. The summed E-state index contributed by atoms with van der Waals surface area (Å²) in [5, 5.41) is 24.8. The number of imidazole rings is 4. The van der Waals surface area contributed by atoms with E-state index in [9.17, 15) is 45.9 Å². The van der Waals surface area contributed by atoms with Crippen LogP contribution in [-0.2, 0) is 6.18 Å². The lowest BCUT2D eigenvalue weighted by Gasteiger charge is -2.21. The molecule has 20 aromatic rings. The zero-order chi connectivity index (χ0) is 101. The summed E-state index contributed by atoms with van der Waals surface area (Å²) in [6.07, 6.45) is 8.00. The first-order valence-electron chi connectivity index (χ1n) is 45.6. The van der Waals surface area contributed by atoms with Crippen molar-refractivity contribution in [3.05, 3.63) is 312 Å². The molecule has 0 saturated heterocycles. The summed E-state index contributed by atoms with van der Waals surface area (Å²) in [6.45, 7) is 9.56. The molecule has 24 rings (SSSR count). The number of para-hydroxylation sites is 1. The number of hydrogen-bond donors (Lipinski definition) is 11. The molecule has 0 unspecified atom stereocenters. The highest BCUT2D eigenvalue weighted by atomic mass is 35.5. The van der Waals surface area contributed by atoms with Gasteiger partial charge in [-0.1, -0.05) is 137 Å². The first-order chi connectivity index (χ1) is 69.3. The Bertz CT molecular complexity index is 8340. The summed E-state index contributed by atoms with van der Waals surface area (Å²) in [5.41, 5.74) is 17.8. The number of pyridine rings is 5. The molecule has 0 aliphatic heterocycles. The van der Waals surface area contributed by atoms with Gasteiger partial charge in [-0.15, -0.1) is 0 Å². The molecule has 4 aliphatic rings. The van der Waals surface area contributed by atoms with Crippen LogP contribution in [0.1, 0.15) is 174 Å². The second-order valence-electron chi connectivity index (χ2n) is 35.2. The van der Waals surface area contributed by atoms with Gasteiger partial charge in [0.15, 0.2) is 45.9 Å². The Morgan fingerprint density at radius 2 is 0.736 bits per heavy atom. The molecule has 0 radical (unpaired) electrons. The highest BCUT2D eigenvalue weighted by molar-refractivity contribution is 6.37. The van der Waals surface area contributed by atoms with Gasteiger partial charge in [-0.05, 0) is 197 Å². The van der Waals surface area contributed by atoms with Crippen LogP contribution in [0.2, 0.25) is 30.4 Å². The summed E-state index contributed by atoms with van der Waals surface area (Å²) in [5.74, 6) is 1.17. The number of hydrogen-bond acceptors (Lipinski definition) is 26. The van der Waals surface area contributed by atoms with E-state index >= 15 is 0 Å². The molecule has 4 saturated carbocycles. The van der Waals surface area contributed by atoms with Crippen molar-refractivity contribution in [1.29, 1.82) is 0 Å². The Hall–Kier alpha value is -15.4. The Balaban J connectivity index is 0.000000110. The molecule has 732 valence electrons. The van der Waals surface area contributed by atoms with E-state index in [-0.39, 0.29) is 105 Å². The fourth-order valence-corrected chi connectivity index (χ4v) is 19.3. The molecule has 14 aromatic heterocycles. The van der Waals surface area contributed by atoms with Crippen molar-refractivity contribution in [2.24, 2.45) is 0 Å². The molecule has 0 bridgehead atoms. The van der Waals surface area contributed by atoms with Crippen molar-refractivity contribution in [2.75, 3.05) is 38.1 Å². The summed E-state index contributed by atoms with van der Waals surface area (Å²) in [4.78, 5) is 134. The van der Waals surface area contributed by atoms with Crippen LogP contribution >= 0.6 is 69.6 Å². The Morgan fingerprint density at radius 3 is 1.14 bits per heavy atom. The maximum atomic E-state index is 13.8. The Morgan fingerprint density at radius 1 is 0.375 bits per heavy atom. The number of aromatic amines is 4. The zero-order valence-corrected chi connectivity index (χ0v) is 81.1. The first-order valence-corrected chi connectivity index (χ1v) is 47.9. The maximum Gasteiger partial charge on any atom is 0.421 e. The molecule has 13 N–H and O–H groups in total. The fourth-order valence-electron chi connectivity index (χ4n) is 17.8. The topological polar surface area (TPSA) is 466 Å². The van der Waals surface area contributed by atoms with Crippen LogP contribution in [-0.4, -0.2) is 113 Å². The van der Waals surface area contributed by atoms with Crippen molar-refractivity contribution in [1.82, 2.24) is 113 Å². The molecule has 14 heterocycles. The van der Waals surface area contributed by atoms with Gasteiger partial charge in [0.25, 0.3) is 33.9 Å².